The summed E-state index contributed by atoms with van der Waals surface area (Å²) in [5.41, 5.74) is 2.27. The average Bonchev–Trinajstić information content (AvgIpc) is 2.68. The third-order valence-corrected chi connectivity index (χ3v) is 4.04. The van der Waals surface area contributed by atoms with Gasteiger partial charge in [0, 0.05) is 12.3 Å². The zero-order valence-corrected chi connectivity index (χ0v) is 13.8. The second-order valence-corrected chi connectivity index (χ2v) is 5.79. The van der Waals surface area contributed by atoms with Gasteiger partial charge in [0.2, 0.25) is 0 Å². The summed E-state index contributed by atoms with van der Waals surface area (Å²) in [7, 11) is 0. The van der Waals surface area contributed by atoms with Crippen molar-refractivity contribution in [1.29, 1.82) is 0 Å². The fraction of sp³-hybridized carbons (Fsp3) is 0.0476. The number of fused-ring (bicyclic) bond motifs is 1. The molecule has 1 N–H and O–H groups in total. The molecule has 2 aromatic heterocycles. The van der Waals surface area contributed by atoms with Crippen molar-refractivity contribution < 1.29 is 14.3 Å². The third-order valence-electron chi connectivity index (χ3n) is 4.04. The van der Waals surface area contributed by atoms with Crippen LogP contribution >= 0.6 is 0 Å². The Morgan fingerprint density at radius 2 is 1.88 bits per heavy atom. The van der Waals surface area contributed by atoms with Gasteiger partial charge in [-0.1, -0.05) is 18.2 Å². The zero-order valence-electron chi connectivity index (χ0n) is 13.8. The van der Waals surface area contributed by atoms with E-state index in [-0.39, 0.29) is 11.2 Å². The van der Waals surface area contributed by atoms with Crippen LogP contribution in [-0.4, -0.2) is 10.1 Å². The standard InChI is InChI=1S/C21H15NO4/c23-16-6-4-14(5-7-16)19-13-26-20-11-17(8-9-18(20)21(19)24)25-12-15-3-1-2-10-22-15/h1-11,13,23H,12H2. The van der Waals surface area contributed by atoms with Crippen molar-refractivity contribution >= 4 is 11.0 Å². The number of hydrogen-bond donors (Lipinski definition) is 1. The fourth-order valence-electron chi connectivity index (χ4n) is 2.68. The van der Waals surface area contributed by atoms with E-state index in [0.29, 0.717) is 34.5 Å². The number of ether oxygens (including phenoxy) is 1. The molecule has 5 heteroatoms. The summed E-state index contributed by atoms with van der Waals surface area (Å²) in [6, 6.07) is 17.2. The summed E-state index contributed by atoms with van der Waals surface area (Å²) < 4.78 is 11.4. The number of pyridine rings is 1. The average molecular weight is 345 g/mol. The number of nitrogens with zero attached hydrogens (tertiary/aromatic N) is 1. The van der Waals surface area contributed by atoms with Gasteiger partial charge in [0.1, 0.15) is 30.0 Å². The topological polar surface area (TPSA) is 72.6 Å². The Morgan fingerprint density at radius 1 is 1.04 bits per heavy atom. The van der Waals surface area contributed by atoms with Crippen molar-refractivity contribution in [2.24, 2.45) is 0 Å². The van der Waals surface area contributed by atoms with Gasteiger partial charge >= 0.3 is 0 Å². The minimum absolute atomic E-state index is 0.131. The van der Waals surface area contributed by atoms with Gasteiger partial charge in [-0.2, -0.15) is 0 Å². The Labute approximate surface area is 149 Å². The van der Waals surface area contributed by atoms with E-state index in [0.717, 1.165) is 5.69 Å². The summed E-state index contributed by atoms with van der Waals surface area (Å²) in [5.74, 6) is 0.748. The van der Waals surface area contributed by atoms with Gasteiger partial charge < -0.3 is 14.3 Å². The molecular weight excluding hydrogens is 330 g/mol. The van der Waals surface area contributed by atoms with Crippen molar-refractivity contribution in [2.45, 2.75) is 6.61 Å². The van der Waals surface area contributed by atoms with Gasteiger partial charge in [-0.15, -0.1) is 0 Å². The Hall–Kier alpha value is -3.60. The van der Waals surface area contributed by atoms with Crippen molar-refractivity contribution in [3.63, 3.8) is 0 Å². The zero-order chi connectivity index (χ0) is 17.9. The molecule has 2 heterocycles. The Bertz CT molecular complexity index is 1100. The van der Waals surface area contributed by atoms with Crippen LogP contribution in [0.5, 0.6) is 11.5 Å². The summed E-state index contributed by atoms with van der Waals surface area (Å²) in [6.07, 6.45) is 3.14. The highest BCUT2D eigenvalue weighted by molar-refractivity contribution is 5.82. The molecule has 0 radical (unpaired) electrons. The molecule has 0 unspecified atom stereocenters. The number of aromatic nitrogens is 1. The highest BCUT2D eigenvalue weighted by Gasteiger charge is 2.10. The van der Waals surface area contributed by atoms with Crippen LogP contribution in [0.1, 0.15) is 5.69 Å². The van der Waals surface area contributed by atoms with Crippen LogP contribution in [0.15, 0.2) is 82.3 Å². The first kappa shape index (κ1) is 15.9. The molecule has 0 bridgehead atoms. The van der Waals surface area contributed by atoms with Gasteiger partial charge in [-0.05, 0) is 42.0 Å². The highest BCUT2D eigenvalue weighted by atomic mass is 16.5. The molecule has 2 aromatic carbocycles. The maximum absolute atomic E-state index is 12.7. The molecule has 4 rings (SSSR count). The van der Waals surface area contributed by atoms with E-state index >= 15 is 0 Å². The number of rotatable bonds is 4. The summed E-state index contributed by atoms with van der Waals surface area (Å²) >= 11 is 0. The molecule has 0 aliphatic heterocycles. The molecule has 0 spiro atoms. The smallest absolute Gasteiger partial charge is 0.200 e. The van der Waals surface area contributed by atoms with E-state index in [1.54, 1.807) is 36.5 Å². The lowest BCUT2D eigenvalue weighted by atomic mass is 10.1. The van der Waals surface area contributed by atoms with Crippen LogP contribution in [0.2, 0.25) is 0 Å². The molecule has 5 nitrogen and oxygen atoms in total. The lowest BCUT2D eigenvalue weighted by Gasteiger charge is -2.07. The predicted octanol–water partition coefficient (Wildman–Crippen LogP) is 4.14. The van der Waals surface area contributed by atoms with Crippen LogP contribution in [0, 0.1) is 0 Å². The quantitative estimate of drug-likeness (QED) is 0.602. The van der Waals surface area contributed by atoms with Crippen LogP contribution in [0.25, 0.3) is 22.1 Å². The van der Waals surface area contributed by atoms with Crippen LogP contribution in [0.4, 0.5) is 0 Å². The van der Waals surface area contributed by atoms with E-state index in [1.807, 2.05) is 18.2 Å². The van der Waals surface area contributed by atoms with E-state index in [4.69, 9.17) is 9.15 Å². The lowest BCUT2D eigenvalue weighted by molar-refractivity contribution is 0.301. The molecule has 26 heavy (non-hydrogen) atoms. The van der Waals surface area contributed by atoms with Crippen molar-refractivity contribution in [2.75, 3.05) is 0 Å². The third kappa shape index (κ3) is 3.15. The molecule has 4 aromatic rings. The Balaban J connectivity index is 1.64. The summed E-state index contributed by atoms with van der Waals surface area (Å²) in [6.45, 7) is 0.335. The summed E-state index contributed by atoms with van der Waals surface area (Å²) in [4.78, 5) is 16.9. The number of benzene rings is 2. The molecule has 0 amide bonds. The Morgan fingerprint density at radius 3 is 2.65 bits per heavy atom. The van der Waals surface area contributed by atoms with Crippen molar-refractivity contribution in [3.8, 4) is 22.6 Å². The maximum atomic E-state index is 12.7. The van der Waals surface area contributed by atoms with Gasteiger partial charge in [0.15, 0.2) is 5.43 Å². The fourth-order valence-corrected chi connectivity index (χ4v) is 2.68. The Kier molecular flexibility index (Phi) is 4.11. The molecule has 0 saturated heterocycles. The van der Waals surface area contributed by atoms with Gasteiger partial charge in [0.05, 0.1) is 16.6 Å². The van der Waals surface area contributed by atoms with E-state index in [2.05, 4.69) is 4.98 Å². The van der Waals surface area contributed by atoms with Crippen molar-refractivity contribution in [3.05, 3.63) is 89.0 Å². The molecule has 0 aliphatic carbocycles. The van der Waals surface area contributed by atoms with Crippen LogP contribution in [-0.2, 0) is 6.61 Å². The SMILES string of the molecule is O=c1c(-c2ccc(O)cc2)coc2cc(OCc3ccccn3)ccc12. The van der Waals surface area contributed by atoms with Crippen LogP contribution < -0.4 is 10.2 Å². The van der Waals surface area contributed by atoms with Gasteiger partial charge in [-0.25, -0.2) is 0 Å². The number of phenols is 1. The molecule has 0 fully saturated rings. The first-order valence-electron chi connectivity index (χ1n) is 8.08. The monoisotopic (exact) mass is 345 g/mol. The molecule has 0 atom stereocenters. The van der Waals surface area contributed by atoms with E-state index in [9.17, 15) is 9.90 Å². The van der Waals surface area contributed by atoms with Crippen molar-refractivity contribution in [1.82, 2.24) is 4.98 Å². The second kappa shape index (κ2) is 6.72. The minimum atomic E-state index is -0.131. The molecular formula is C21H15NO4. The highest BCUT2D eigenvalue weighted by Crippen LogP contribution is 2.24. The lowest BCUT2D eigenvalue weighted by Crippen LogP contribution is -2.05. The molecule has 128 valence electrons. The van der Waals surface area contributed by atoms with E-state index in [1.165, 1.54) is 18.4 Å². The maximum Gasteiger partial charge on any atom is 0.200 e. The molecule has 0 aliphatic rings. The molecule has 0 saturated carbocycles. The minimum Gasteiger partial charge on any atom is -0.508 e. The van der Waals surface area contributed by atoms with E-state index < -0.39 is 0 Å². The predicted molar refractivity (Wildman–Crippen MR) is 98.2 cm³/mol. The van der Waals surface area contributed by atoms with Gasteiger partial charge in [0.25, 0.3) is 0 Å². The van der Waals surface area contributed by atoms with Gasteiger partial charge in [-0.3, -0.25) is 9.78 Å². The number of phenolic OH excluding ortho intramolecular Hbond substituents is 1. The first-order chi connectivity index (χ1) is 12.7. The first-order valence-corrected chi connectivity index (χ1v) is 8.08. The number of aromatic hydroxyl groups is 1. The number of hydrogen-bond acceptors (Lipinski definition) is 5. The summed E-state index contributed by atoms with van der Waals surface area (Å²) in [5, 5.41) is 9.86. The normalized spacial score (nSPS) is 10.8. The van der Waals surface area contributed by atoms with Crippen LogP contribution in [0.3, 0.4) is 0 Å². The largest absolute Gasteiger partial charge is 0.508 e. The second-order valence-electron chi connectivity index (χ2n) is 5.79.